The number of pyridine rings is 1. The maximum absolute atomic E-state index is 14.4. The van der Waals surface area contributed by atoms with Gasteiger partial charge in [-0.1, -0.05) is 11.6 Å². The van der Waals surface area contributed by atoms with E-state index in [1.165, 1.54) is 6.07 Å². The predicted octanol–water partition coefficient (Wildman–Crippen LogP) is 2.59. The van der Waals surface area contributed by atoms with Crippen molar-refractivity contribution in [2.24, 2.45) is 0 Å². The molecule has 3 aromatic rings. The molecule has 2 N–H and O–H groups in total. The van der Waals surface area contributed by atoms with Crippen LogP contribution in [0.25, 0.3) is 22.3 Å². The van der Waals surface area contributed by atoms with Crippen LogP contribution < -0.4 is 5.73 Å². The molecule has 0 bridgehead atoms. The van der Waals surface area contributed by atoms with Gasteiger partial charge in [0, 0.05) is 11.6 Å². The Balaban J connectivity index is 2.31. The van der Waals surface area contributed by atoms with E-state index in [1.54, 1.807) is 0 Å². The standard InChI is InChI=1S/C13H7ClF2N4O3/c1-22-13(21)12-8(14)10(17)9(16)11(18-12)4-2-6-7(3-5(4)15)20-23-19-6/h2-3H,1H3,(H2,17,18). The minimum atomic E-state index is -1.07. The number of nitrogens with zero attached hydrogens (tertiary/aromatic N) is 3. The summed E-state index contributed by atoms with van der Waals surface area (Å²) in [6.07, 6.45) is 0. The number of nitrogen functional groups attached to an aromatic ring is 1. The molecule has 10 heteroatoms. The van der Waals surface area contributed by atoms with Crippen molar-refractivity contribution in [2.75, 3.05) is 12.8 Å². The first-order valence-electron chi connectivity index (χ1n) is 6.09. The summed E-state index contributed by atoms with van der Waals surface area (Å²) < 4.78 is 37.5. The Morgan fingerprint density at radius 1 is 1.30 bits per heavy atom. The molecule has 0 spiro atoms. The van der Waals surface area contributed by atoms with Crippen molar-refractivity contribution >= 4 is 34.3 Å². The van der Waals surface area contributed by atoms with Crippen LogP contribution in [0.1, 0.15) is 10.5 Å². The molecule has 0 unspecified atom stereocenters. The van der Waals surface area contributed by atoms with Gasteiger partial charge in [0.15, 0.2) is 11.5 Å². The van der Waals surface area contributed by atoms with Crippen molar-refractivity contribution in [3.63, 3.8) is 0 Å². The summed E-state index contributed by atoms with van der Waals surface area (Å²) in [6, 6.07) is 2.16. The summed E-state index contributed by atoms with van der Waals surface area (Å²) in [7, 11) is 1.09. The zero-order valence-corrected chi connectivity index (χ0v) is 12.2. The highest BCUT2D eigenvalue weighted by atomic mass is 35.5. The maximum Gasteiger partial charge on any atom is 0.358 e. The number of nitrogens with two attached hydrogens (primary N) is 1. The molecule has 0 saturated heterocycles. The summed E-state index contributed by atoms with van der Waals surface area (Å²) in [5, 5.41) is 6.59. The van der Waals surface area contributed by atoms with E-state index >= 15 is 0 Å². The van der Waals surface area contributed by atoms with Crippen molar-refractivity contribution in [1.82, 2.24) is 15.3 Å². The normalized spacial score (nSPS) is 11.0. The number of ether oxygens (including phenoxy) is 1. The van der Waals surface area contributed by atoms with E-state index in [-0.39, 0.29) is 16.6 Å². The number of esters is 1. The molecule has 0 aliphatic carbocycles. The Morgan fingerprint density at radius 2 is 1.96 bits per heavy atom. The fourth-order valence-corrected chi connectivity index (χ4v) is 2.16. The number of hydrogen-bond acceptors (Lipinski definition) is 7. The van der Waals surface area contributed by atoms with Crippen LogP contribution in [0.15, 0.2) is 16.8 Å². The predicted molar refractivity (Wildman–Crippen MR) is 75.7 cm³/mol. The number of fused-ring (bicyclic) bond motifs is 1. The minimum absolute atomic E-state index is 0.141. The Hall–Kier alpha value is -2.81. The van der Waals surface area contributed by atoms with Gasteiger partial charge in [-0.25, -0.2) is 23.2 Å². The van der Waals surface area contributed by atoms with E-state index in [4.69, 9.17) is 17.3 Å². The van der Waals surface area contributed by atoms with E-state index in [0.717, 1.165) is 13.2 Å². The van der Waals surface area contributed by atoms with Crippen LogP contribution in [0.3, 0.4) is 0 Å². The number of hydrogen-bond donors (Lipinski definition) is 1. The molecule has 0 amide bonds. The number of carbonyl (C=O) groups is 1. The lowest BCUT2D eigenvalue weighted by molar-refractivity contribution is 0.0594. The molecule has 2 heterocycles. The topological polar surface area (TPSA) is 104 Å². The Labute approximate surface area is 132 Å². The van der Waals surface area contributed by atoms with E-state index in [1.807, 2.05) is 0 Å². The van der Waals surface area contributed by atoms with Crippen molar-refractivity contribution in [1.29, 1.82) is 0 Å². The van der Waals surface area contributed by atoms with Crippen LogP contribution in [-0.4, -0.2) is 28.4 Å². The van der Waals surface area contributed by atoms with E-state index in [0.29, 0.717) is 0 Å². The lowest BCUT2D eigenvalue weighted by atomic mass is 10.1. The van der Waals surface area contributed by atoms with Gasteiger partial charge in [-0.15, -0.1) is 0 Å². The number of halogens is 3. The molecule has 3 rings (SSSR count). The van der Waals surface area contributed by atoms with Crippen molar-refractivity contribution in [2.45, 2.75) is 0 Å². The first-order chi connectivity index (χ1) is 10.9. The highest BCUT2D eigenvalue weighted by Crippen LogP contribution is 2.34. The number of benzene rings is 1. The summed E-state index contributed by atoms with van der Waals surface area (Å²) >= 11 is 5.79. The van der Waals surface area contributed by atoms with Crippen LogP contribution in [0.2, 0.25) is 5.02 Å². The molecule has 2 aromatic heterocycles. The molecule has 0 fully saturated rings. The van der Waals surface area contributed by atoms with Gasteiger partial charge >= 0.3 is 5.97 Å². The van der Waals surface area contributed by atoms with Gasteiger partial charge in [0.1, 0.15) is 22.5 Å². The molecular weight excluding hydrogens is 334 g/mol. The zero-order chi connectivity index (χ0) is 16.7. The van der Waals surface area contributed by atoms with Crippen LogP contribution >= 0.6 is 11.6 Å². The SMILES string of the molecule is COC(=O)c1nc(-c2cc3nonc3cc2F)c(F)c(N)c1Cl. The lowest BCUT2D eigenvalue weighted by Gasteiger charge is -2.10. The summed E-state index contributed by atoms with van der Waals surface area (Å²) in [6.45, 7) is 0. The van der Waals surface area contributed by atoms with Crippen LogP contribution in [0.5, 0.6) is 0 Å². The number of carbonyl (C=O) groups excluding carboxylic acids is 1. The average molecular weight is 341 g/mol. The van der Waals surface area contributed by atoms with Gasteiger partial charge in [0.25, 0.3) is 0 Å². The summed E-state index contributed by atoms with van der Waals surface area (Å²) in [4.78, 5) is 15.4. The number of rotatable bonds is 2. The minimum Gasteiger partial charge on any atom is -0.464 e. The van der Waals surface area contributed by atoms with Crippen molar-refractivity contribution < 1.29 is 22.9 Å². The molecule has 118 valence electrons. The molecule has 0 aliphatic heterocycles. The number of aromatic nitrogens is 3. The molecule has 0 aliphatic rings. The van der Waals surface area contributed by atoms with E-state index < -0.39 is 39.7 Å². The molecule has 7 nitrogen and oxygen atoms in total. The van der Waals surface area contributed by atoms with Crippen molar-refractivity contribution in [3.05, 3.63) is 34.5 Å². The van der Waals surface area contributed by atoms with Crippen LogP contribution in [0, 0.1) is 11.6 Å². The van der Waals surface area contributed by atoms with Crippen molar-refractivity contribution in [3.8, 4) is 11.3 Å². The van der Waals surface area contributed by atoms with Gasteiger partial charge < -0.3 is 10.5 Å². The molecule has 0 radical (unpaired) electrons. The van der Waals surface area contributed by atoms with E-state index in [2.05, 4.69) is 24.7 Å². The first-order valence-corrected chi connectivity index (χ1v) is 6.46. The third-order valence-corrected chi connectivity index (χ3v) is 3.47. The molecule has 0 saturated carbocycles. The monoisotopic (exact) mass is 340 g/mol. The molecule has 23 heavy (non-hydrogen) atoms. The molecule has 0 atom stereocenters. The van der Waals surface area contributed by atoms with Gasteiger partial charge in [-0.05, 0) is 16.4 Å². The summed E-state index contributed by atoms with van der Waals surface area (Å²) in [5.74, 6) is -2.86. The number of anilines is 1. The fourth-order valence-electron chi connectivity index (χ4n) is 1.96. The third-order valence-electron chi connectivity index (χ3n) is 3.09. The second-order valence-corrected chi connectivity index (χ2v) is 4.81. The third kappa shape index (κ3) is 2.34. The summed E-state index contributed by atoms with van der Waals surface area (Å²) in [5.41, 5.74) is 4.09. The second-order valence-electron chi connectivity index (χ2n) is 4.43. The van der Waals surface area contributed by atoms with Crippen LogP contribution in [-0.2, 0) is 4.74 Å². The zero-order valence-electron chi connectivity index (χ0n) is 11.4. The highest BCUT2D eigenvalue weighted by Gasteiger charge is 2.25. The number of methoxy groups -OCH3 is 1. The van der Waals surface area contributed by atoms with Gasteiger partial charge in [0.05, 0.1) is 17.8 Å². The Bertz CT molecular complexity index is 945. The quantitative estimate of drug-likeness (QED) is 0.715. The van der Waals surface area contributed by atoms with Gasteiger partial charge in [0.2, 0.25) is 0 Å². The fraction of sp³-hybridized carbons (Fsp3) is 0.0769. The first kappa shape index (κ1) is 15.1. The lowest BCUT2D eigenvalue weighted by Crippen LogP contribution is -2.10. The molecular formula is C13H7ClF2N4O3. The smallest absolute Gasteiger partial charge is 0.358 e. The van der Waals surface area contributed by atoms with Gasteiger partial charge in [-0.2, -0.15) is 0 Å². The highest BCUT2D eigenvalue weighted by molar-refractivity contribution is 6.35. The second kappa shape index (κ2) is 5.43. The van der Waals surface area contributed by atoms with Gasteiger partial charge in [-0.3, -0.25) is 0 Å². The molecule has 1 aromatic carbocycles. The van der Waals surface area contributed by atoms with E-state index in [9.17, 15) is 13.6 Å². The van der Waals surface area contributed by atoms with Crippen LogP contribution in [0.4, 0.5) is 14.5 Å². The Kier molecular flexibility index (Phi) is 3.57. The maximum atomic E-state index is 14.4. The average Bonchev–Trinajstić information content (AvgIpc) is 2.99. The Morgan fingerprint density at radius 3 is 2.61 bits per heavy atom. The largest absolute Gasteiger partial charge is 0.464 e.